The van der Waals surface area contributed by atoms with Crippen LogP contribution in [0.4, 0.5) is 11.5 Å². The quantitative estimate of drug-likeness (QED) is 0.498. The Morgan fingerprint density at radius 3 is 3.00 bits per heavy atom. The maximum absolute atomic E-state index is 6.22. The van der Waals surface area contributed by atoms with Crippen molar-refractivity contribution in [2.75, 3.05) is 30.8 Å². The maximum atomic E-state index is 6.22. The standard InChI is InChI=1S/C24H25N5O2/c1-16-9-27-21-5-3-19(10-29(16)21)30-14-23-11-24(12-23,31-15-23)13-28-18-2-4-20-17(8-18)6-7-26-22(20)25/h2-10,28H,11-15H2,1H3,(H2,25,26). The Labute approximate surface area is 180 Å². The monoisotopic (exact) mass is 415 g/mol. The number of hydrogen-bond donors (Lipinski definition) is 2. The van der Waals surface area contributed by atoms with Gasteiger partial charge in [0.05, 0.1) is 25.0 Å². The number of pyridine rings is 2. The Kier molecular flexibility index (Phi) is 3.92. The molecule has 158 valence electrons. The average Bonchev–Trinajstić information content (AvgIpc) is 3.43. The molecular formula is C24H25N5O2. The topological polar surface area (TPSA) is 86.7 Å². The average molecular weight is 415 g/mol. The fourth-order valence-corrected chi connectivity index (χ4v) is 5.12. The number of nitrogens with two attached hydrogens (primary N) is 1. The Hall–Kier alpha value is -3.32. The van der Waals surface area contributed by atoms with Gasteiger partial charge in [0.1, 0.15) is 17.2 Å². The van der Waals surface area contributed by atoms with Crippen molar-refractivity contribution in [2.24, 2.45) is 5.41 Å². The minimum Gasteiger partial charge on any atom is -0.491 e. The molecule has 2 bridgehead atoms. The molecule has 2 saturated heterocycles. The first kappa shape index (κ1) is 18.4. The van der Waals surface area contributed by atoms with Gasteiger partial charge >= 0.3 is 0 Å². The van der Waals surface area contributed by atoms with Gasteiger partial charge in [0.15, 0.2) is 0 Å². The van der Waals surface area contributed by atoms with E-state index >= 15 is 0 Å². The van der Waals surface area contributed by atoms with Crippen molar-refractivity contribution in [2.45, 2.75) is 25.4 Å². The summed E-state index contributed by atoms with van der Waals surface area (Å²) in [6.45, 7) is 4.26. The zero-order valence-electron chi connectivity index (χ0n) is 17.5. The van der Waals surface area contributed by atoms with E-state index in [4.69, 9.17) is 15.2 Å². The lowest BCUT2D eigenvalue weighted by atomic mass is 9.63. The van der Waals surface area contributed by atoms with Crippen LogP contribution < -0.4 is 15.8 Å². The molecule has 0 amide bonds. The van der Waals surface area contributed by atoms with Crippen molar-refractivity contribution in [1.82, 2.24) is 14.4 Å². The Morgan fingerprint density at radius 1 is 1.19 bits per heavy atom. The van der Waals surface area contributed by atoms with E-state index in [1.807, 2.05) is 43.6 Å². The molecule has 0 radical (unpaired) electrons. The lowest BCUT2D eigenvalue weighted by Crippen LogP contribution is -2.51. The van der Waals surface area contributed by atoms with Gasteiger partial charge in [-0.1, -0.05) is 0 Å². The van der Waals surface area contributed by atoms with Crippen LogP contribution in [0.5, 0.6) is 5.75 Å². The van der Waals surface area contributed by atoms with E-state index in [0.717, 1.165) is 59.5 Å². The van der Waals surface area contributed by atoms with E-state index in [1.54, 1.807) is 6.20 Å². The number of hydrogen-bond acceptors (Lipinski definition) is 6. The number of aromatic nitrogens is 3. The first-order valence-corrected chi connectivity index (χ1v) is 10.6. The van der Waals surface area contributed by atoms with Gasteiger partial charge in [-0.2, -0.15) is 0 Å². The highest BCUT2D eigenvalue weighted by Gasteiger charge is 2.62. The summed E-state index contributed by atoms with van der Waals surface area (Å²) in [5.41, 5.74) is 9.08. The van der Waals surface area contributed by atoms with Crippen molar-refractivity contribution in [3.63, 3.8) is 0 Å². The summed E-state index contributed by atoms with van der Waals surface area (Å²) in [4.78, 5) is 8.51. The van der Waals surface area contributed by atoms with Gasteiger partial charge in [0.25, 0.3) is 0 Å². The number of nitrogens with zero attached hydrogens (tertiary/aromatic N) is 3. The zero-order chi connectivity index (χ0) is 21.1. The lowest BCUT2D eigenvalue weighted by Gasteiger charge is -2.44. The second kappa shape index (κ2) is 6.59. The van der Waals surface area contributed by atoms with Gasteiger partial charge in [0.2, 0.25) is 0 Å². The van der Waals surface area contributed by atoms with E-state index in [9.17, 15) is 0 Å². The molecule has 3 aliphatic rings. The highest BCUT2D eigenvalue weighted by atomic mass is 16.5. The Bertz CT molecular complexity index is 1290. The first-order valence-electron chi connectivity index (χ1n) is 10.6. The van der Waals surface area contributed by atoms with Crippen LogP contribution in [0.25, 0.3) is 16.4 Å². The van der Waals surface area contributed by atoms with Gasteiger partial charge in [-0.3, -0.25) is 0 Å². The highest BCUT2D eigenvalue weighted by molar-refractivity contribution is 5.92. The second-order valence-electron chi connectivity index (χ2n) is 9.09. The molecule has 2 aliphatic heterocycles. The maximum Gasteiger partial charge on any atom is 0.137 e. The largest absolute Gasteiger partial charge is 0.491 e. The first-order chi connectivity index (χ1) is 15.0. The normalized spacial score (nSPS) is 24.4. The summed E-state index contributed by atoms with van der Waals surface area (Å²) < 4.78 is 14.4. The molecule has 0 unspecified atom stereocenters. The molecule has 4 aromatic rings. The SMILES string of the molecule is Cc1cnc2ccc(OCC34COC(CNc5ccc6c(N)nccc6c5)(C3)C4)cn12. The summed E-state index contributed by atoms with van der Waals surface area (Å²) in [5.74, 6) is 1.43. The number of benzene rings is 1. The molecule has 3 N–H and O–H groups in total. The molecule has 7 nitrogen and oxygen atoms in total. The van der Waals surface area contributed by atoms with Gasteiger partial charge in [-0.15, -0.1) is 0 Å². The van der Waals surface area contributed by atoms with Crippen LogP contribution >= 0.6 is 0 Å². The number of aryl methyl sites for hydroxylation is 1. The Morgan fingerprint density at radius 2 is 2.10 bits per heavy atom. The molecule has 0 spiro atoms. The van der Waals surface area contributed by atoms with Crippen molar-refractivity contribution < 1.29 is 9.47 Å². The summed E-state index contributed by atoms with van der Waals surface area (Å²) in [7, 11) is 0. The van der Waals surface area contributed by atoms with Crippen LogP contribution in [-0.4, -0.2) is 39.7 Å². The number of anilines is 2. The Balaban J connectivity index is 1.08. The van der Waals surface area contributed by atoms with Crippen molar-refractivity contribution >= 4 is 27.9 Å². The molecular weight excluding hydrogens is 390 g/mol. The molecule has 0 atom stereocenters. The minimum absolute atomic E-state index is 0.0967. The van der Waals surface area contributed by atoms with Crippen LogP contribution in [-0.2, 0) is 4.74 Å². The van der Waals surface area contributed by atoms with Crippen molar-refractivity contribution in [1.29, 1.82) is 0 Å². The molecule has 3 aromatic heterocycles. The van der Waals surface area contributed by atoms with E-state index in [1.165, 1.54) is 0 Å². The number of imidazole rings is 1. The highest BCUT2D eigenvalue weighted by Crippen LogP contribution is 2.57. The number of nitrogens with one attached hydrogen (secondary N) is 1. The number of rotatable bonds is 6. The predicted octanol–water partition coefficient (Wildman–Crippen LogP) is 3.81. The summed E-state index contributed by atoms with van der Waals surface area (Å²) in [6, 6.07) is 12.1. The van der Waals surface area contributed by atoms with Crippen LogP contribution in [0, 0.1) is 12.3 Å². The third-order valence-corrected chi connectivity index (χ3v) is 6.70. The van der Waals surface area contributed by atoms with Crippen molar-refractivity contribution in [3.05, 3.63) is 60.7 Å². The predicted molar refractivity (Wildman–Crippen MR) is 120 cm³/mol. The van der Waals surface area contributed by atoms with Gasteiger partial charge in [-0.05, 0) is 61.5 Å². The van der Waals surface area contributed by atoms with E-state index in [2.05, 4.69) is 31.8 Å². The molecule has 1 aliphatic carbocycles. The van der Waals surface area contributed by atoms with Gasteiger partial charge < -0.3 is 24.9 Å². The fraction of sp³-hybridized carbons (Fsp3) is 0.333. The number of fused-ring (bicyclic) bond motifs is 3. The summed E-state index contributed by atoms with van der Waals surface area (Å²) in [5, 5.41) is 5.62. The summed E-state index contributed by atoms with van der Waals surface area (Å²) >= 11 is 0. The minimum atomic E-state index is -0.0967. The lowest BCUT2D eigenvalue weighted by molar-refractivity contribution is -0.0134. The van der Waals surface area contributed by atoms with Crippen LogP contribution in [0.3, 0.4) is 0 Å². The molecule has 7 heteroatoms. The molecule has 3 fully saturated rings. The fourth-order valence-electron chi connectivity index (χ4n) is 5.12. The smallest absolute Gasteiger partial charge is 0.137 e. The number of nitrogen functional groups attached to an aromatic ring is 1. The summed E-state index contributed by atoms with van der Waals surface area (Å²) in [6.07, 6.45) is 7.66. The second-order valence-corrected chi connectivity index (χ2v) is 9.09. The molecule has 1 saturated carbocycles. The third-order valence-electron chi connectivity index (χ3n) is 6.70. The van der Waals surface area contributed by atoms with Gasteiger partial charge in [-0.25, -0.2) is 9.97 Å². The van der Waals surface area contributed by atoms with Crippen molar-refractivity contribution in [3.8, 4) is 5.75 Å². The van der Waals surface area contributed by atoms with Crippen LogP contribution in [0.15, 0.2) is 55.0 Å². The van der Waals surface area contributed by atoms with Crippen LogP contribution in [0.1, 0.15) is 18.5 Å². The van der Waals surface area contributed by atoms with Crippen LogP contribution in [0.2, 0.25) is 0 Å². The zero-order valence-corrected chi connectivity index (χ0v) is 17.5. The van der Waals surface area contributed by atoms with E-state index < -0.39 is 0 Å². The van der Waals surface area contributed by atoms with Gasteiger partial charge in [0, 0.05) is 41.1 Å². The van der Waals surface area contributed by atoms with E-state index in [0.29, 0.717) is 12.4 Å². The molecule has 7 rings (SSSR count). The third kappa shape index (κ3) is 3.08. The molecule has 31 heavy (non-hydrogen) atoms. The molecule has 5 heterocycles. The molecule has 1 aromatic carbocycles. The van der Waals surface area contributed by atoms with E-state index in [-0.39, 0.29) is 11.0 Å². The number of ether oxygens (including phenoxy) is 2.